The van der Waals surface area contributed by atoms with Gasteiger partial charge in [-0.05, 0) is 25.9 Å². The number of rotatable bonds is 2. The molecule has 1 aromatic rings. The van der Waals surface area contributed by atoms with Gasteiger partial charge in [-0.15, -0.1) is 0 Å². The van der Waals surface area contributed by atoms with Crippen LogP contribution in [0.15, 0.2) is 12.4 Å². The number of aromatic nitrogens is 2. The minimum atomic E-state index is 0.105. The van der Waals surface area contributed by atoms with E-state index in [0.717, 1.165) is 31.6 Å². The van der Waals surface area contributed by atoms with Crippen molar-refractivity contribution in [1.82, 2.24) is 15.5 Å². The van der Waals surface area contributed by atoms with Crippen LogP contribution in [0.1, 0.15) is 12.8 Å². The second kappa shape index (κ2) is 4.23. The lowest BCUT2D eigenvalue weighted by atomic mass is 9.97. The summed E-state index contributed by atoms with van der Waals surface area (Å²) < 4.78 is 0. The number of carbonyl (C=O) groups is 1. The van der Waals surface area contributed by atoms with Crippen LogP contribution in [0.4, 0.5) is 5.69 Å². The average molecular weight is 194 g/mol. The molecule has 3 N–H and O–H groups in total. The molecule has 1 aromatic heterocycles. The zero-order valence-corrected chi connectivity index (χ0v) is 7.92. The molecule has 1 amide bonds. The van der Waals surface area contributed by atoms with Crippen LogP contribution < -0.4 is 10.6 Å². The van der Waals surface area contributed by atoms with E-state index in [1.165, 1.54) is 0 Å². The Hall–Kier alpha value is -1.36. The van der Waals surface area contributed by atoms with Gasteiger partial charge >= 0.3 is 0 Å². The van der Waals surface area contributed by atoms with Gasteiger partial charge in [0.05, 0.1) is 11.9 Å². The Bertz CT molecular complexity index is 290. The summed E-state index contributed by atoms with van der Waals surface area (Å²) in [6.07, 6.45) is 5.13. The van der Waals surface area contributed by atoms with Gasteiger partial charge in [-0.1, -0.05) is 0 Å². The maximum atomic E-state index is 11.7. The smallest absolute Gasteiger partial charge is 0.227 e. The van der Waals surface area contributed by atoms with E-state index in [1.807, 2.05) is 0 Å². The highest BCUT2D eigenvalue weighted by molar-refractivity contribution is 5.92. The zero-order valence-electron chi connectivity index (χ0n) is 7.92. The molecule has 0 aromatic carbocycles. The Morgan fingerprint density at radius 3 is 2.93 bits per heavy atom. The summed E-state index contributed by atoms with van der Waals surface area (Å²) >= 11 is 0. The number of hydrogen-bond acceptors (Lipinski definition) is 3. The van der Waals surface area contributed by atoms with Gasteiger partial charge in [-0.3, -0.25) is 9.89 Å². The van der Waals surface area contributed by atoms with Gasteiger partial charge in [0.15, 0.2) is 0 Å². The monoisotopic (exact) mass is 194 g/mol. The van der Waals surface area contributed by atoms with Gasteiger partial charge in [0.2, 0.25) is 5.91 Å². The van der Waals surface area contributed by atoms with Crippen LogP contribution in [0.25, 0.3) is 0 Å². The molecule has 1 aliphatic heterocycles. The fourth-order valence-corrected chi connectivity index (χ4v) is 1.65. The van der Waals surface area contributed by atoms with Crippen LogP contribution in [0, 0.1) is 5.92 Å². The normalized spacial score (nSPS) is 18.0. The third-order valence-corrected chi connectivity index (χ3v) is 2.48. The summed E-state index contributed by atoms with van der Waals surface area (Å²) in [7, 11) is 0. The largest absolute Gasteiger partial charge is 0.323 e. The topological polar surface area (TPSA) is 69.8 Å². The van der Waals surface area contributed by atoms with E-state index in [1.54, 1.807) is 12.4 Å². The van der Waals surface area contributed by atoms with Crippen molar-refractivity contribution in [1.29, 1.82) is 0 Å². The van der Waals surface area contributed by atoms with E-state index in [-0.39, 0.29) is 11.8 Å². The third kappa shape index (κ3) is 2.11. The van der Waals surface area contributed by atoms with Crippen molar-refractivity contribution < 1.29 is 4.79 Å². The molecule has 1 fully saturated rings. The summed E-state index contributed by atoms with van der Waals surface area (Å²) in [4.78, 5) is 11.7. The molecule has 2 heterocycles. The Labute approximate surface area is 82.3 Å². The minimum Gasteiger partial charge on any atom is -0.323 e. The summed E-state index contributed by atoms with van der Waals surface area (Å²) in [6.45, 7) is 1.87. The standard InChI is InChI=1S/C9H14N4O/c14-9(7-1-3-10-4-2-7)13-8-5-11-12-6-8/h5-7,10H,1-4H2,(H,11,12)(H,13,14). The zero-order chi connectivity index (χ0) is 9.80. The predicted octanol–water partition coefficient (Wildman–Crippen LogP) is 0.348. The molecule has 0 spiro atoms. The van der Waals surface area contributed by atoms with Gasteiger partial charge in [0.25, 0.3) is 0 Å². The molecule has 0 bridgehead atoms. The lowest BCUT2D eigenvalue weighted by molar-refractivity contribution is -0.120. The maximum Gasteiger partial charge on any atom is 0.227 e. The number of anilines is 1. The predicted molar refractivity (Wildman–Crippen MR) is 52.8 cm³/mol. The fraction of sp³-hybridized carbons (Fsp3) is 0.556. The molecule has 0 unspecified atom stereocenters. The van der Waals surface area contributed by atoms with Gasteiger partial charge < -0.3 is 10.6 Å². The van der Waals surface area contributed by atoms with Crippen molar-refractivity contribution >= 4 is 11.6 Å². The van der Waals surface area contributed by atoms with Crippen molar-refractivity contribution in [3.8, 4) is 0 Å². The van der Waals surface area contributed by atoms with Crippen molar-refractivity contribution in [2.45, 2.75) is 12.8 Å². The van der Waals surface area contributed by atoms with Crippen molar-refractivity contribution in [3.63, 3.8) is 0 Å². The summed E-state index contributed by atoms with van der Waals surface area (Å²) in [5, 5.41) is 12.5. The highest BCUT2D eigenvalue weighted by Crippen LogP contribution is 2.14. The molecule has 2 rings (SSSR count). The molecule has 14 heavy (non-hydrogen) atoms. The van der Waals surface area contributed by atoms with Crippen LogP contribution in [0.5, 0.6) is 0 Å². The van der Waals surface area contributed by atoms with E-state index in [4.69, 9.17) is 0 Å². The highest BCUT2D eigenvalue weighted by Gasteiger charge is 2.20. The first-order chi connectivity index (χ1) is 6.86. The summed E-state index contributed by atoms with van der Waals surface area (Å²) in [6, 6.07) is 0. The molecule has 1 saturated heterocycles. The molecule has 1 aliphatic rings. The molecule has 0 atom stereocenters. The van der Waals surface area contributed by atoms with Crippen LogP contribution in [0.3, 0.4) is 0 Å². The second-order valence-electron chi connectivity index (χ2n) is 3.50. The molecular formula is C9H14N4O. The maximum absolute atomic E-state index is 11.7. The van der Waals surface area contributed by atoms with E-state index in [9.17, 15) is 4.79 Å². The Kier molecular flexibility index (Phi) is 2.78. The van der Waals surface area contributed by atoms with Crippen LogP contribution in [-0.4, -0.2) is 29.2 Å². The van der Waals surface area contributed by atoms with Crippen molar-refractivity contribution in [3.05, 3.63) is 12.4 Å². The second-order valence-corrected chi connectivity index (χ2v) is 3.50. The van der Waals surface area contributed by atoms with Gasteiger partial charge in [-0.2, -0.15) is 5.10 Å². The molecule has 76 valence electrons. The molecular weight excluding hydrogens is 180 g/mol. The van der Waals surface area contributed by atoms with Crippen LogP contribution in [0.2, 0.25) is 0 Å². The fourth-order valence-electron chi connectivity index (χ4n) is 1.65. The van der Waals surface area contributed by atoms with Crippen molar-refractivity contribution in [2.24, 2.45) is 5.92 Å². The molecule has 0 aliphatic carbocycles. The number of carbonyl (C=O) groups excluding carboxylic acids is 1. The third-order valence-electron chi connectivity index (χ3n) is 2.48. The van der Waals surface area contributed by atoms with E-state index >= 15 is 0 Å². The molecule has 5 heteroatoms. The van der Waals surface area contributed by atoms with E-state index in [2.05, 4.69) is 20.8 Å². The first-order valence-corrected chi connectivity index (χ1v) is 4.86. The lowest BCUT2D eigenvalue weighted by Gasteiger charge is -2.21. The minimum absolute atomic E-state index is 0.105. The quantitative estimate of drug-likeness (QED) is 0.636. The van der Waals surface area contributed by atoms with Gasteiger partial charge in [0.1, 0.15) is 0 Å². The van der Waals surface area contributed by atoms with Crippen LogP contribution >= 0.6 is 0 Å². The van der Waals surface area contributed by atoms with Gasteiger partial charge in [-0.25, -0.2) is 0 Å². The summed E-state index contributed by atoms with van der Waals surface area (Å²) in [5.41, 5.74) is 0.744. The highest BCUT2D eigenvalue weighted by atomic mass is 16.1. The van der Waals surface area contributed by atoms with E-state index < -0.39 is 0 Å². The number of hydrogen-bond donors (Lipinski definition) is 3. The average Bonchev–Trinajstić information content (AvgIpc) is 2.72. The number of amides is 1. The molecule has 5 nitrogen and oxygen atoms in total. The van der Waals surface area contributed by atoms with Crippen LogP contribution in [-0.2, 0) is 4.79 Å². The number of aromatic amines is 1. The van der Waals surface area contributed by atoms with E-state index in [0.29, 0.717) is 0 Å². The Balaban J connectivity index is 1.88. The first-order valence-electron chi connectivity index (χ1n) is 4.86. The number of nitrogens with one attached hydrogen (secondary N) is 3. The van der Waals surface area contributed by atoms with Gasteiger partial charge in [0, 0.05) is 12.1 Å². The lowest BCUT2D eigenvalue weighted by Crippen LogP contribution is -2.34. The number of H-pyrrole nitrogens is 1. The van der Waals surface area contributed by atoms with Crippen molar-refractivity contribution in [2.75, 3.05) is 18.4 Å². The Morgan fingerprint density at radius 1 is 1.50 bits per heavy atom. The molecule has 0 radical (unpaired) electrons. The molecule has 0 saturated carbocycles. The first kappa shape index (κ1) is 9.21. The number of nitrogens with zero attached hydrogens (tertiary/aromatic N) is 1. The summed E-state index contributed by atoms with van der Waals surface area (Å²) in [5.74, 6) is 0.249. The SMILES string of the molecule is O=C(Nc1cn[nH]c1)C1CCNCC1. The Morgan fingerprint density at radius 2 is 2.29 bits per heavy atom. The number of piperidine rings is 1.